The first-order chi connectivity index (χ1) is 15.0. The van der Waals surface area contributed by atoms with Crippen molar-refractivity contribution in [2.45, 2.75) is 40.0 Å². The number of hydrogen-bond acceptors (Lipinski definition) is 6. The van der Waals surface area contributed by atoms with E-state index in [4.69, 9.17) is 13.7 Å². The van der Waals surface area contributed by atoms with Gasteiger partial charge in [-0.25, -0.2) is 0 Å². The first-order valence-corrected chi connectivity index (χ1v) is 10.2. The van der Waals surface area contributed by atoms with E-state index in [1.54, 1.807) is 25.1 Å². The smallest absolute Gasteiger partial charge is 0.274 e. The van der Waals surface area contributed by atoms with Gasteiger partial charge >= 0.3 is 0 Å². The van der Waals surface area contributed by atoms with Gasteiger partial charge in [-0.1, -0.05) is 29.4 Å². The molecule has 0 saturated heterocycles. The number of carbonyl (C=O) groups excluding carboxylic acids is 2. The van der Waals surface area contributed by atoms with Crippen LogP contribution in [-0.2, 0) is 30.9 Å². The van der Waals surface area contributed by atoms with Crippen LogP contribution in [-0.4, -0.2) is 35.5 Å². The van der Waals surface area contributed by atoms with Crippen LogP contribution in [0.25, 0.3) is 0 Å². The Bertz CT molecular complexity index is 1090. The van der Waals surface area contributed by atoms with E-state index in [-0.39, 0.29) is 17.5 Å². The topological polar surface area (TPSA) is 97.8 Å². The van der Waals surface area contributed by atoms with Gasteiger partial charge in [0, 0.05) is 32.1 Å². The molecule has 0 bridgehead atoms. The molecule has 1 aliphatic heterocycles. The summed E-state index contributed by atoms with van der Waals surface area (Å²) in [5.41, 5.74) is 4.26. The van der Waals surface area contributed by atoms with Gasteiger partial charge in [0.2, 0.25) is 0 Å². The Balaban J connectivity index is 1.44. The Kier molecular flexibility index (Phi) is 5.90. The van der Waals surface area contributed by atoms with E-state index >= 15 is 0 Å². The predicted octanol–water partition coefficient (Wildman–Crippen LogP) is 3.16. The van der Waals surface area contributed by atoms with Crippen molar-refractivity contribution in [3.63, 3.8) is 0 Å². The number of hydrogen-bond donors (Lipinski definition) is 1. The summed E-state index contributed by atoms with van der Waals surface area (Å²) >= 11 is 0. The van der Waals surface area contributed by atoms with E-state index < -0.39 is 0 Å². The van der Waals surface area contributed by atoms with Gasteiger partial charge in [0.05, 0.1) is 30.6 Å². The van der Waals surface area contributed by atoms with E-state index in [2.05, 4.69) is 10.5 Å². The highest BCUT2D eigenvalue weighted by molar-refractivity contribution is 5.96. The van der Waals surface area contributed by atoms with E-state index in [1.807, 2.05) is 31.2 Å². The van der Waals surface area contributed by atoms with Gasteiger partial charge in [0.1, 0.15) is 11.5 Å². The highest BCUT2D eigenvalue weighted by Gasteiger charge is 2.25. The van der Waals surface area contributed by atoms with Gasteiger partial charge in [0.25, 0.3) is 11.8 Å². The minimum absolute atomic E-state index is 0.100. The van der Waals surface area contributed by atoms with E-state index in [0.717, 1.165) is 16.7 Å². The number of aromatic nitrogens is 1. The third-order valence-corrected chi connectivity index (χ3v) is 5.49. The normalized spacial score (nSPS) is 13.0. The second-order valence-electron chi connectivity index (χ2n) is 7.70. The lowest BCUT2D eigenvalue weighted by Gasteiger charge is -2.20. The molecule has 1 aromatic carbocycles. The van der Waals surface area contributed by atoms with Crippen molar-refractivity contribution in [2.24, 2.45) is 0 Å². The fourth-order valence-electron chi connectivity index (χ4n) is 3.76. The lowest BCUT2D eigenvalue weighted by atomic mass is 10.1. The summed E-state index contributed by atoms with van der Waals surface area (Å²) in [6.45, 7) is 5.25. The van der Waals surface area contributed by atoms with Crippen molar-refractivity contribution in [1.29, 1.82) is 0 Å². The number of carbonyl (C=O) groups is 2. The third-order valence-electron chi connectivity index (χ3n) is 5.49. The van der Waals surface area contributed by atoms with Gasteiger partial charge in [0.15, 0.2) is 5.69 Å². The monoisotopic (exact) mass is 423 g/mol. The summed E-state index contributed by atoms with van der Waals surface area (Å²) in [7, 11) is 1.76. The van der Waals surface area contributed by atoms with E-state index in [0.29, 0.717) is 55.4 Å². The second kappa shape index (κ2) is 8.77. The summed E-state index contributed by atoms with van der Waals surface area (Å²) in [6.07, 6.45) is 2.21. The number of fused-ring (bicyclic) bond motifs is 1. The molecule has 0 spiro atoms. The molecule has 0 unspecified atom stereocenters. The molecule has 8 nitrogen and oxygen atoms in total. The lowest BCUT2D eigenvalue weighted by molar-refractivity contribution is 0.0781. The molecule has 2 aromatic heterocycles. The summed E-state index contributed by atoms with van der Waals surface area (Å²) in [5, 5.41) is 6.82. The lowest BCUT2D eigenvalue weighted by Crippen LogP contribution is -2.29. The molecule has 4 rings (SSSR count). The van der Waals surface area contributed by atoms with Gasteiger partial charge < -0.3 is 23.9 Å². The standard InChI is InChI=1S/C23H25N3O5/c1-14-12-30-15(2)20(14)23(28)26(3)11-17-7-5-4-6-16(17)10-24-22(27)21-18-13-29-9-8-19(18)31-25-21/h4-7,12H,8-11,13H2,1-3H3,(H,24,27). The Hall–Kier alpha value is -3.39. The molecule has 0 atom stereocenters. The first kappa shape index (κ1) is 20.9. The molecule has 162 valence electrons. The number of ether oxygens (including phenoxy) is 1. The zero-order chi connectivity index (χ0) is 22.0. The zero-order valence-corrected chi connectivity index (χ0v) is 17.9. The van der Waals surface area contributed by atoms with Crippen molar-refractivity contribution in [1.82, 2.24) is 15.4 Å². The number of aryl methyl sites for hydroxylation is 2. The van der Waals surface area contributed by atoms with Crippen LogP contribution in [0.15, 0.2) is 39.5 Å². The predicted molar refractivity (Wildman–Crippen MR) is 111 cm³/mol. The van der Waals surface area contributed by atoms with Crippen LogP contribution >= 0.6 is 0 Å². The van der Waals surface area contributed by atoms with Crippen molar-refractivity contribution < 1.29 is 23.3 Å². The average molecular weight is 423 g/mol. The number of amides is 2. The minimum Gasteiger partial charge on any atom is -0.469 e. The summed E-state index contributed by atoms with van der Waals surface area (Å²) < 4.78 is 16.1. The molecule has 3 heterocycles. The van der Waals surface area contributed by atoms with E-state index in [1.165, 1.54) is 0 Å². The Labute approximate surface area is 180 Å². The van der Waals surface area contributed by atoms with E-state index in [9.17, 15) is 9.59 Å². The third kappa shape index (κ3) is 4.25. The van der Waals surface area contributed by atoms with Crippen LogP contribution in [0.3, 0.4) is 0 Å². The molecule has 3 aromatic rings. The molecule has 31 heavy (non-hydrogen) atoms. The quantitative estimate of drug-likeness (QED) is 0.654. The van der Waals surface area contributed by atoms with Gasteiger partial charge in [-0.15, -0.1) is 0 Å². The molecule has 1 aliphatic rings. The van der Waals surface area contributed by atoms with Crippen LogP contribution < -0.4 is 5.32 Å². The molecular weight excluding hydrogens is 398 g/mol. The van der Waals surface area contributed by atoms with Crippen molar-refractivity contribution in [3.05, 3.63) is 75.6 Å². The number of rotatable bonds is 6. The molecule has 2 amide bonds. The largest absolute Gasteiger partial charge is 0.469 e. The van der Waals surface area contributed by atoms with Gasteiger partial charge in [-0.3, -0.25) is 9.59 Å². The zero-order valence-electron chi connectivity index (χ0n) is 17.9. The highest BCUT2D eigenvalue weighted by atomic mass is 16.5. The maximum atomic E-state index is 12.9. The molecule has 0 saturated carbocycles. The highest BCUT2D eigenvalue weighted by Crippen LogP contribution is 2.21. The second-order valence-corrected chi connectivity index (χ2v) is 7.70. The molecular formula is C23H25N3O5. The van der Waals surface area contributed by atoms with Gasteiger partial charge in [-0.2, -0.15) is 0 Å². The van der Waals surface area contributed by atoms with Crippen LogP contribution in [0.4, 0.5) is 0 Å². The Morgan fingerprint density at radius 1 is 1.19 bits per heavy atom. The molecule has 0 aliphatic carbocycles. The first-order valence-electron chi connectivity index (χ1n) is 10.2. The fourth-order valence-corrected chi connectivity index (χ4v) is 3.76. The van der Waals surface area contributed by atoms with Gasteiger partial charge in [-0.05, 0) is 25.0 Å². The van der Waals surface area contributed by atoms with Crippen LogP contribution in [0.1, 0.15) is 54.6 Å². The number of furan rings is 1. The molecule has 1 N–H and O–H groups in total. The van der Waals surface area contributed by atoms with Crippen LogP contribution in [0.5, 0.6) is 0 Å². The van der Waals surface area contributed by atoms with Crippen LogP contribution in [0, 0.1) is 13.8 Å². The SMILES string of the molecule is Cc1coc(C)c1C(=O)N(C)Cc1ccccc1CNC(=O)c1noc2c1COCC2. The summed E-state index contributed by atoms with van der Waals surface area (Å²) in [6, 6.07) is 7.71. The molecule has 0 fully saturated rings. The maximum absolute atomic E-state index is 12.9. The summed E-state index contributed by atoms with van der Waals surface area (Å²) in [5.74, 6) is 0.910. The number of nitrogens with zero attached hydrogens (tertiary/aromatic N) is 2. The molecule has 8 heteroatoms. The number of nitrogens with one attached hydrogen (secondary N) is 1. The van der Waals surface area contributed by atoms with Crippen molar-refractivity contribution in [2.75, 3.05) is 13.7 Å². The Morgan fingerprint density at radius 3 is 2.71 bits per heavy atom. The van der Waals surface area contributed by atoms with Crippen LogP contribution in [0.2, 0.25) is 0 Å². The maximum Gasteiger partial charge on any atom is 0.274 e. The number of benzene rings is 1. The fraction of sp³-hybridized carbons (Fsp3) is 0.348. The minimum atomic E-state index is -0.306. The Morgan fingerprint density at radius 2 is 1.97 bits per heavy atom. The van der Waals surface area contributed by atoms with Crippen molar-refractivity contribution in [3.8, 4) is 0 Å². The average Bonchev–Trinajstić information content (AvgIpc) is 3.35. The van der Waals surface area contributed by atoms with Crippen molar-refractivity contribution >= 4 is 11.8 Å². The summed E-state index contributed by atoms with van der Waals surface area (Å²) in [4.78, 5) is 27.2. The molecule has 0 radical (unpaired) electrons.